The highest BCUT2D eigenvalue weighted by Gasteiger charge is 2.24. The van der Waals surface area contributed by atoms with Crippen LogP contribution in [0.5, 0.6) is 0 Å². The molecule has 104 valence electrons. The fraction of sp³-hybridized carbons (Fsp3) is 0.833. The van der Waals surface area contributed by atoms with Crippen LogP contribution < -0.4 is 5.32 Å². The summed E-state index contributed by atoms with van der Waals surface area (Å²) in [5, 5.41) is 11.6. The van der Waals surface area contributed by atoms with Crippen LogP contribution in [0, 0.1) is 5.92 Å². The topological polar surface area (TPSA) is 72.9 Å². The maximum Gasteiger partial charge on any atom is 0.326 e. The molecule has 0 aromatic rings. The van der Waals surface area contributed by atoms with Gasteiger partial charge in [0.2, 0.25) is 0 Å². The van der Waals surface area contributed by atoms with Gasteiger partial charge in [0.15, 0.2) is 0 Å². The Balaban J connectivity index is 2.31. The van der Waals surface area contributed by atoms with Gasteiger partial charge in [0, 0.05) is 20.1 Å². The molecule has 6 heteroatoms. The number of rotatable bonds is 5. The summed E-state index contributed by atoms with van der Waals surface area (Å²) in [4.78, 5) is 26.1. The number of amides is 2. The molecule has 0 aromatic heterocycles. The number of likely N-dealkylation sites (N-methyl/N-ethyl adjacent to an activating group) is 1. The average Bonchev–Trinajstić information content (AvgIpc) is 2.81. The number of carboxylic acids is 1. The monoisotopic (exact) mass is 257 g/mol. The summed E-state index contributed by atoms with van der Waals surface area (Å²) in [6, 6.07) is -1.12. The highest BCUT2D eigenvalue weighted by Crippen LogP contribution is 2.14. The normalized spacial score (nSPS) is 21.6. The van der Waals surface area contributed by atoms with Crippen LogP contribution in [0.2, 0.25) is 0 Å². The molecular weight excluding hydrogens is 234 g/mol. The van der Waals surface area contributed by atoms with Crippen molar-refractivity contribution in [2.75, 3.05) is 33.2 Å². The van der Waals surface area contributed by atoms with Crippen molar-refractivity contribution in [3.8, 4) is 0 Å². The molecule has 1 aliphatic rings. The molecule has 2 amide bonds. The zero-order valence-electron chi connectivity index (χ0n) is 11.3. The van der Waals surface area contributed by atoms with Crippen LogP contribution in [0.4, 0.5) is 4.79 Å². The predicted octanol–water partition coefficient (Wildman–Crippen LogP) is 0.443. The van der Waals surface area contributed by atoms with E-state index < -0.39 is 12.0 Å². The molecule has 2 unspecified atom stereocenters. The van der Waals surface area contributed by atoms with Crippen LogP contribution in [0.3, 0.4) is 0 Å². The molecule has 1 fully saturated rings. The van der Waals surface area contributed by atoms with E-state index in [0.717, 1.165) is 26.1 Å². The Labute approximate surface area is 108 Å². The summed E-state index contributed by atoms with van der Waals surface area (Å²) < 4.78 is 0. The lowest BCUT2D eigenvalue weighted by atomic mass is 10.1. The van der Waals surface area contributed by atoms with E-state index in [2.05, 4.69) is 17.1 Å². The number of carboxylic acid groups (broad SMARTS) is 1. The molecule has 0 spiro atoms. The second kappa shape index (κ2) is 6.58. The molecule has 1 rings (SSSR count). The molecule has 0 aromatic carbocycles. The van der Waals surface area contributed by atoms with Gasteiger partial charge in [-0.3, -0.25) is 0 Å². The smallest absolute Gasteiger partial charge is 0.326 e. The number of likely N-dealkylation sites (tertiary alicyclic amines) is 1. The first kappa shape index (κ1) is 14.8. The molecule has 2 N–H and O–H groups in total. The van der Waals surface area contributed by atoms with E-state index in [9.17, 15) is 9.59 Å². The van der Waals surface area contributed by atoms with Gasteiger partial charge in [-0.1, -0.05) is 6.92 Å². The van der Waals surface area contributed by atoms with Crippen molar-refractivity contribution in [3.63, 3.8) is 0 Å². The first-order valence-corrected chi connectivity index (χ1v) is 6.41. The van der Waals surface area contributed by atoms with Gasteiger partial charge in [0.05, 0.1) is 0 Å². The lowest BCUT2D eigenvalue weighted by molar-refractivity contribution is -0.141. The number of hydrogen-bond donors (Lipinski definition) is 2. The minimum absolute atomic E-state index is 0.320. The molecule has 1 saturated heterocycles. The van der Waals surface area contributed by atoms with Gasteiger partial charge in [-0.15, -0.1) is 0 Å². The lowest BCUT2D eigenvalue weighted by Crippen LogP contribution is -2.47. The third-order valence-corrected chi connectivity index (χ3v) is 3.62. The Morgan fingerprint density at radius 1 is 1.56 bits per heavy atom. The van der Waals surface area contributed by atoms with Crippen LogP contribution in [0.15, 0.2) is 0 Å². The first-order chi connectivity index (χ1) is 8.45. The van der Waals surface area contributed by atoms with Gasteiger partial charge >= 0.3 is 12.0 Å². The molecule has 0 aliphatic carbocycles. The molecule has 18 heavy (non-hydrogen) atoms. The highest BCUT2D eigenvalue weighted by molar-refractivity contribution is 5.82. The van der Waals surface area contributed by atoms with Crippen molar-refractivity contribution < 1.29 is 14.7 Å². The van der Waals surface area contributed by atoms with Crippen molar-refractivity contribution in [3.05, 3.63) is 0 Å². The maximum atomic E-state index is 11.7. The molecule has 0 bridgehead atoms. The average molecular weight is 257 g/mol. The van der Waals surface area contributed by atoms with Crippen molar-refractivity contribution in [1.82, 2.24) is 15.1 Å². The maximum absolute atomic E-state index is 11.7. The molecule has 1 aliphatic heterocycles. The van der Waals surface area contributed by atoms with E-state index in [4.69, 9.17) is 5.11 Å². The van der Waals surface area contributed by atoms with Crippen molar-refractivity contribution in [1.29, 1.82) is 0 Å². The highest BCUT2D eigenvalue weighted by atomic mass is 16.4. The molecule has 0 radical (unpaired) electrons. The summed E-state index contributed by atoms with van der Waals surface area (Å²) in [6.07, 6.45) is 1.09. The van der Waals surface area contributed by atoms with Crippen LogP contribution in [-0.4, -0.2) is 66.2 Å². The summed E-state index contributed by atoms with van der Waals surface area (Å²) >= 11 is 0. The third kappa shape index (κ3) is 3.87. The molecular formula is C12H23N3O3. The molecule has 0 saturated carbocycles. The second-order valence-corrected chi connectivity index (χ2v) is 4.86. The third-order valence-electron chi connectivity index (χ3n) is 3.62. The largest absolute Gasteiger partial charge is 0.480 e. The first-order valence-electron chi connectivity index (χ1n) is 6.41. The number of carbonyl (C=O) groups is 2. The lowest BCUT2D eigenvalue weighted by Gasteiger charge is -2.23. The Morgan fingerprint density at radius 2 is 2.22 bits per heavy atom. The Bertz CT molecular complexity index is 309. The molecule has 1 heterocycles. The number of nitrogens with one attached hydrogen (secondary N) is 1. The Kier molecular flexibility index (Phi) is 5.40. The summed E-state index contributed by atoms with van der Waals surface area (Å²) in [5.74, 6) is -0.520. The van der Waals surface area contributed by atoms with Crippen molar-refractivity contribution >= 4 is 12.0 Å². The zero-order valence-corrected chi connectivity index (χ0v) is 11.3. The molecule has 2 atom stereocenters. The number of aliphatic carboxylic acids is 1. The number of urea groups is 1. The van der Waals surface area contributed by atoms with Gasteiger partial charge < -0.3 is 20.2 Å². The fourth-order valence-corrected chi connectivity index (χ4v) is 2.06. The van der Waals surface area contributed by atoms with Gasteiger partial charge in [-0.05, 0) is 32.4 Å². The van der Waals surface area contributed by atoms with Gasteiger partial charge in [-0.2, -0.15) is 0 Å². The number of carbonyl (C=O) groups excluding carboxylic acids is 1. The van der Waals surface area contributed by atoms with E-state index >= 15 is 0 Å². The number of nitrogens with zero attached hydrogens (tertiary/aromatic N) is 2. The van der Waals surface area contributed by atoms with E-state index in [1.54, 1.807) is 0 Å². The van der Waals surface area contributed by atoms with Crippen LogP contribution in [0.1, 0.15) is 20.3 Å². The minimum Gasteiger partial charge on any atom is -0.480 e. The van der Waals surface area contributed by atoms with Crippen LogP contribution in [-0.2, 0) is 4.79 Å². The summed E-state index contributed by atoms with van der Waals surface area (Å²) in [5.41, 5.74) is 0. The zero-order chi connectivity index (χ0) is 13.7. The minimum atomic E-state index is -0.995. The quantitative estimate of drug-likeness (QED) is 0.749. The Morgan fingerprint density at radius 3 is 2.72 bits per heavy atom. The standard InChI is InChI=1S/C12H23N3O3/c1-4-15-6-5-10(8-15)7-13-12(18)14(3)9(2)11(16)17/h9-10H,4-8H2,1-3H3,(H,13,18)(H,16,17). The van der Waals surface area contributed by atoms with Crippen molar-refractivity contribution in [2.24, 2.45) is 5.92 Å². The SMILES string of the molecule is CCN1CCC(CNC(=O)N(C)C(C)C(=O)O)C1. The van der Waals surface area contributed by atoms with Crippen molar-refractivity contribution in [2.45, 2.75) is 26.3 Å². The van der Waals surface area contributed by atoms with E-state index in [1.165, 1.54) is 18.9 Å². The second-order valence-electron chi connectivity index (χ2n) is 4.86. The Hall–Kier alpha value is -1.30. The van der Waals surface area contributed by atoms with Crippen LogP contribution in [0.25, 0.3) is 0 Å². The van der Waals surface area contributed by atoms with Gasteiger partial charge in [0.1, 0.15) is 6.04 Å². The summed E-state index contributed by atoms with van der Waals surface area (Å²) in [7, 11) is 1.50. The van der Waals surface area contributed by atoms with E-state index in [-0.39, 0.29) is 6.03 Å². The van der Waals surface area contributed by atoms with E-state index in [1.807, 2.05) is 0 Å². The van der Waals surface area contributed by atoms with Crippen LogP contribution >= 0.6 is 0 Å². The van der Waals surface area contributed by atoms with E-state index in [0.29, 0.717) is 12.5 Å². The van der Waals surface area contributed by atoms with Gasteiger partial charge in [0.25, 0.3) is 0 Å². The number of hydrogen-bond acceptors (Lipinski definition) is 3. The summed E-state index contributed by atoms with van der Waals surface area (Å²) in [6.45, 7) is 7.37. The molecule has 6 nitrogen and oxygen atoms in total. The van der Waals surface area contributed by atoms with Gasteiger partial charge in [-0.25, -0.2) is 9.59 Å². The predicted molar refractivity (Wildman–Crippen MR) is 68.5 cm³/mol. The fourth-order valence-electron chi connectivity index (χ4n) is 2.06.